The molecular weight excluding hydrogens is 472 g/mol. The standard InChI is InChI=1S/C24H23BrN4O3/c25-16-8-14-3-4-15(9-17(14)28-22(16)26)19-11-24(12-32-19)10-18(20(30)21(24)31)29-7-5-13-2-1-6-27-23(13)29/h1-9,18-21,30-31H,10-12H2,(H2,26,28)/t18-,19+,20+,21+,24-/m1/s1. The summed E-state index contributed by atoms with van der Waals surface area (Å²) in [6.45, 7) is 0.396. The van der Waals surface area contributed by atoms with E-state index in [1.54, 1.807) is 6.20 Å². The largest absolute Gasteiger partial charge is 0.390 e. The fourth-order valence-electron chi connectivity index (χ4n) is 5.44. The van der Waals surface area contributed by atoms with Crippen LogP contribution < -0.4 is 5.73 Å². The van der Waals surface area contributed by atoms with Crippen molar-refractivity contribution in [2.75, 3.05) is 12.3 Å². The van der Waals surface area contributed by atoms with Crippen molar-refractivity contribution in [1.29, 1.82) is 0 Å². The first kappa shape index (κ1) is 20.1. The summed E-state index contributed by atoms with van der Waals surface area (Å²) in [6, 6.07) is 13.6. The fourth-order valence-corrected chi connectivity index (χ4v) is 5.77. The molecular formula is C24H23BrN4O3. The molecule has 0 amide bonds. The van der Waals surface area contributed by atoms with Crippen molar-refractivity contribution in [3.8, 4) is 0 Å². The summed E-state index contributed by atoms with van der Waals surface area (Å²) in [6.07, 6.45) is 3.02. The van der Waals surface area contributed by atoms with Gasteiger partial charge in [0.25, 0.3) is 0 Å². The highest BCUT2D eigenvalue weighted by atomic mass is 79.9. The molecule has 7 nitrogen and oxygen atoms in total. The van der Waals surface area contributed by atoms with E-state index in [2.05, 4.69) is 25.9 Å². The van der Waals surface area contributed by atoms with E-state index in [9.17, 15) is 10.2 Å². The summed E-state index contributed by atoms with van der Waals surface area (Å²) in [5.74, 6) is 0.447. The Balaban J connectivity index is 1.30. The molecule has 0 bridgehead atoms. The molecule has 1 aliphatic carbocycles. The molecule has 1 saturated carbocycles. The Morgan fingerprint density at radius 3 is 2.88 bits per heavy atom. The van der Waals surface area contributed by atoms with Gasteiger partial charge in [0.1, 0.15) is 17.6 Å². The second-order valence-corrected chi connectivity index (χ2v) is 9.87. The quantitative estimate of drug-likeness (QED) is 0.391. The van der Waals surface area contributed by atoms with Crippen molar-refractivity contribution in [3.05, 3.63) is 64.9 Å². The lowest BCUT2D eigenvalue weighted by molar-refractivity contribution is -0.0309. The minimum atomic E-state index is -0.884. The Morgan fingerprint density at radius 2 is 2.00 bits per heavy atom. The van der Waals surface area contributed by atoms with Gasteiger partial charge in [-0.2, -0.15) is 0 Å². The van der Waals surface area contributed by atoms with Gasteiger partial charge in [-0.3, -0.25) is 0 Å². The molecule has 6 rings (SSSR count). The summed E-state index contributed by atoms with van der Waals surface area (Å²) >= 11 is 3.42. The normalized spacial score (nSPS) is 30.1. The van der Waals surface area contributed by atoms with E-state index < -0.39 is 17.6 Å². The van der Waals surface area contributed by atoms with E-state index in [0.717, 1.165) is 32.0 Å². The summed E-state index contributed by atoms with van der Waals surface area (Å²) < 4.78 is 8.95. The van der Waals surface area contributed by atoms with E-state index in [4.69, 9.17) is 10.5 Å². The maximum atomic E-state index is 11.1. The Kier molecular flexibility index (Phi) is 4.55. The average Bonchev–Trinajstić information content (AvgIpc) is 3.48. The van der Waals surface area contributed by atoms with Gasteiger partial charge in [0.15, 0.2) is 0 Å². The summed E-state index contributed by atoms with van der Waals surface area (Å²) in [7, 11) is 0. The van der Waals surface area contributed by atoms with E-state index >= 15 is 0 Å². The number of anilines is 1. The van der Waals surface area contributed by atoms with Crippen molar-refractivity contribution < 1.29 is 14.9 Å². The van der Waals surface area contributed by atoms with Gasteiger partial charge in [0.2, 0.25) is 0 Å². The topological polar surface area (TPSA) is 106 Å². The highest BCUT2D eigenvalue weighted by Crippen LogP contribution is 2.54. The van der Waals surface area contributed by atoms with Crippen LogP contribution in [0.25, 0.3) is 21.9 Å². The zero-order valence-corrected chi connectivity index (χ0v) is 18.8. The molecule has 4 aromatic rings. The number of halogens is 1. The first-order valence-electron chi connectivity index (χ1n) is 10.7. The zero-order valence-electron chi connectivity index (χ0n) is 17.2. The molecule has 1 saturated heterocycles. The van der Waals surface area contributed by atoms with Crippen LogP contribution in [-0.2, 0) is 4.74 Å². The molecule has 3 aromatic heterocycles. The number of fused-ring (bicyclic) bond motifs is 2. The summed E-state index contributed by atoms with van der Waals surface area (Å²) in [5.41, 5.74) is 8.08. The number of nitrogens with zero attached hydrogens (tertiary/aromatic N) is 3. The highest BCUT2D eigenvalue weighted by molar-refractivity contribution is 9.10. The van der Waals surface area contributed by atoms with Crippen LogP contribution in [-0.4, -0.2) is 43.6 Å². The van der Waals surface area contributed by atoms with Crippen molar-refractivity contribution in [2.45, 2.75) is 37.2 Å². The second-order valence-electron chi connectivity index (χ2n) is 9.02. The molecule has 5 atom stereocenters. The molecule has 4 N–H and O–H groups in total. The van der Waals surface area contributed by atoms with Crippen molar-refractivity contribution in [3.63, 3.8) is 0 Å². The van der Waals surface area contributed by atoms with Crippen LogP contribution >= 0.6 is 15.9 Å². The van der Waals surface area contributed by atoms with Crippen LogP contribution in [0.2, 0.25) is 0 Å². The Labute approximate surface area is 193 Å². The molecule has 164 valence electrons. The van der Waals surface area contributed by atoms with Crippen LogP contribution in [0.5, 0.6) is 0 Å². The lowest BCUT2D eigenvalue weighted by Gasteiger charge is -2.26. The van der Waals surface area contributed by atoms with Crippen molar-refractivity contribution >= 4 is 43.7 Å². The number of ether oxygens (including phenoxy) is 1. The number of aliphatic hydroxyl groups is 2. The Bertz CT molecular complexity index is 1340. The predicted molar refractivity (Wildman–Crippen MR) is 125 cm³/mol. The lowest BCUT2D eigenvalue weighted by Crippen LogP contribution is -2.37. The van der Waals surface area contributed by atoms with Gasteiger partial charge < -0.3 is 25.3 Å². The zero-order chi connectivity index (χ0) is 22.0. The van der Waals surface area contributed by atoms with Gasteiger partial charge in [-0.15, -0.1) is 0 Å². The van der Waals surface area contributed by atoms with Crippen LogP contribution in [0.4, 0.5) is 5.82 Å². The monoisotopic (exact) mass is 494 g/mol. The number of aromatic nitrogens is 3. The summed E-state index contributed by atoms with van der Waals surface area (Å²) in [4.78, 5) is 8.96. The van der Waals surface area contributed by atoms with E-state index in [-0.39, 0.29) is 12.1 Å². The third kappa shape index (κ3) is 2.97. The molecule has 1 aromatic carbocycles. The molecule has 0 radical (unpaired) electrons. The number of hydrogen-bond donors (Lipinski definition) is 3. The van der Waals surface area contributed by atoms with Crippen LogP contribution in [0.1, 0.15) is 30.6 Å². The third-order valence-corrected chi connectivity index (χ3v) is 7.79. The van der Waals surface area contributed by atoms with E-state index in [1.807, 2.05) is 53.2 Å². The maximum absolute atomic E-state index is 11.1. The Morgan fingerprint density at radius 1 is 1.12 bits per heavy atom. The predicted octanol–water partition coefficient (Wildman–Crippen LogP) is 3.74. The first-order valence-corrected chi connectivity index (χ1v) is 11.5. The van der Waals surface area contributed by atoms with E-state index in [1.165, 1.54) is 0 Å². The SMILES string of the molecule is Nc1nc2cc([C@@H]3C[C@@]4(CO3)C[C@@H](n3ccc5cccnc53)[C@H](O)[C@@H]4O)ccc2cc1Br. The average molecular weight is 495 g/mol. The second kappa shape index (κ2) is 7.25. The number of aliphatic hydroxyl groups excluding tert-OH is 2. The van der Waals surface area contributed by atoms with Gasteiger partial charge >= 0.3 is 0 Å². The molecule has 1 aliphatic heterocycles. The Hall–Kier alpha value is -2.52. The molecule has 0 unspecified atom stereocenters. The van der Waals surface area contributed by atoms with Crippen molar-refractivity contribution in [1.82, 2.24) is 14.5 Å². The van der Waals surface area contributed by atoms with E-state index in [0.29, 0.717) is 25.3 Å². The molecule has 2 fully saturated rings. The number of rotatable bonds is 2. The highest BCUT2D eigenvalue weighted by Gasteiger charge is 2.57. The lowest BCUT2D eigenvalue weighted by atomic mass is 9.80. The number of nitrogen functional groups attached to an aromatic ring is 1. The fraction of sp³-hybridized carbons (Fsp3) is 0.333. The van der Waals surface area contributed by atoms with Gasteiger partial charge in [0.05, 0.1) is 34.8 Å². The maximum Gasteiger partial charge on any atom is 0.140 e. The number of hydrogen-bond acceptors (Lipinski definition) is 6. The number of benzene rings is 1. The van der Waals surface area contributed by atoms with Gasteiger partial charge in [-0.25, -0.2) is 9.97 Å². The third-order valence-electron chi connectivity index (χ3n) is 7.15. The van der Waals surface area contributed by atoms with Crippen LogP contribution in [0.15, 0.2) is 59.3 Å². The van der Waals surface area contributed by atoms with Gasteiger partial charge in [-0.1, -0.05) is 12.1 Å². The minimum absolute atomic E-state index is 0.175. The van der Waals surface area contributed by atoms with Crippen LogP contribution in [0.3, 0.4) is 0 Å². The molecule has 4 heterocycles. The van der Waals surface area contributed by atoms with Gasteiger partial charge in [0, 0.05) is 28.6 Å². The molecule has 1 spiro atoms. The first-order chi connectivity index (χ1) is 15.4. The number of nitrogens with two attached hydrogens (primary N) is 1. The number of pyridine rings is 2. The molecule has 32 heavy (non-hydrogen) atoms. The summed E-state index contributed by atoms with van der Waals surface area (Å²) in [5, 5.41) is 24.1. The minimum Gasteiger partial charge on any atom is -0.390 e. The smallest absolute Gasteiger partial charge is 0.140 e. The van der Waals surface area contributed by atoms with Crippen molar-refractivity contribution in [2.24, 2.45) is 5.41 Å². The van der Waals surface area contributed by atoms with Gasteiger partial charge in [-0.05, 0) is 64.7 Å². The molecule has 8 heteroatoms. The van der Waals surface area contributed by atoms with Crippen LogP contribution in [0, 0.1) is 5.41 Å². The molecule has 2 aliphatic rings.